The zero-order chi connectivity index (χ0) is 8.93. The second-order valence-electron chi connectivity index (χ2n) is 2.58. The van der Waals surface area contributed by atoms with Crippen LogP contribution in [0.2, 0.25) is 0 Å². The van der Waals surface area contributed by atoms with Gasteiger partial charge in [-0.1, -0.05) is 11.8 Å². The van der Waals surface area contributed by atoms with Crippen molar-refractivity contribution in [2.24, 2.45) is 4.99 Å². The van der Waals surface area contributed by atoms with Crippen LogP contribution in [0, 0.1) is 0 Å². The van der Waals surface area contributed by atoms with Crippen molar-refractivity contribution in [1.29, 1.82) is 0 Å². The van der Waals surface area contributed by atoms with Gasteiger partial charge in [0.1, 0.15) is 5.84 Å². The molecule has 1 aliphatic heterocycles. The third kappa shape index (κ3) is 2.42. The van der Waals surface area contributed by atoms with Crippen molar-refractivity contribution in [3.8, 4) is 0 Å². The first-order valence-corrected chi connectivity index (χ1v) is 5.11. The fraction of sp³-hybridized carbons (Fsp3) is 0.375. The third-order valence-corrected chi connectivity index (χ3v) is 2.51. The molecule has 1 aliphatic rings. The van der Waals surface area contributed by atoms with Gasteiger partial charge >= 0.3 is 0 Å². The second-order valence-corrected chi connectivity index (χ2v) is 3.52. The summed E-state index contributed by atoms with van der Waals surface area (Å²) >= 11 is 1.60. The molecule has 0 bridgehead atoms. The Bertz CT molecular complexity index is 298. The van der Waals surface area contributed by atoms with Gasteiger partial charge in [-0.05, 0) is 6.07 Å². The van der Waals surface area contributed by atoms with Gasteiger partial charge in [-0.25, -0.2) is 9.97 Å². The molecule has 0 fully saturated rings. The molecule has 2 heterocycles. The van der Waals surface area contributed by atoms with E-state index in [-0.39, 0.29) is 0 Å². The Labute approximate surface area is 80.9 Å². The first-order chi connectivity index (χ1) is 6.45. The van der Waals surface area contributed by atoms with E-state index >= 15 is 0 Å². The Morgan fingerprint density at radius 1 is 1.38 bits per heavy atom. The van der Waals surface area contributed by atoms with E-state index in [0.29, 0.717) is 0 Å². The first kappa shape index (κ1) is 8.50. The maximum absolute atomic E-state index is 4.28. The van der Waals surface area contributed by atoms with Gasteiger partial charge in [-0.3, -0.25) is 4.99 Å². The van der Waals surface area contributed by atoms with Crippen LogP contribution in [-0.4, -0.2) is 34.6 Å². The summed E-state index contributed by atoms with van der Waals surface area (Å²) in [6.45, 7) is 1.86. The molecule has 0 spiro atoms. The van der Waals surface area contributed by atoms with Gasteiger partial charge in [0.15, 0.2) is 5.16 Å². The predicted octanol–water partition coefficient (Wildman–Crippen LogP) is 0.570. The monoisotopic (exact) mass is 194 g/mol. The lowest BCUT2D eigenvalue weighted by Gasteiger charge is -1.99. The van der Waals surface area contributed by atoms with Crippen LogP contribution in [0.1, 0.15) is 0 Å². The lowest BCUT2D eigenvalue weighted by Crippen LogP contribution is -2.20. The van der Waals surface area contributed by atoms with Gasteiger partial charge in [0, 0.05) is 18.9 Å². The zero-order valence-corrected chi connectivity index (χ0v) is 7.92. The van der Waals surface area contributed by atoms with Crippen LogP contribution in [0.25, 0.3) is 0 Å². The molecular weight excluding hydrogens is 184 g/mol. The summed E-state index contributed by atoms with van der Waals surface area (Å²) in [5.74, 6) is 1.89. The van der Waals surface area contributed by atoms with E-state index in [9.17, 15) is 0 Å². The van der Waals surface area contributed by atoms with Gasteiger partial charge < -0.3 is 5.32 Å². The van der Waals surface area contributed by atoms with Crippen LogP contribution in [0.15, 0.2) is 28.6 Å². The number of amidine groups is 1. The first-order valence-electron chi connectivity index (χ1n) is 4.12. The van der Waals surface area contributed by atoms with Gasteiger partial charge in [0.25, 0.3) is 0 Å². The number of thioether (sulfide) groups is 1. The topological polar surface area (TPSA) is 50.2 Å². The van der Waals surface area contributed by atoms with E-state index in [1.54, 1.807) is 24.2 Å². The number of hydrogen-bond acceptors (Lipinski definition) is 5. The van der Waals surface area contributed by atoms with Gasteiger partial charge in [0.2, 0.25) is 0 Å². The molecule has 0 aliphatic carbocycles. The molecule has 0 radical (unpaired) electrons. The lowest BCUT2D eigenvalue weighted by atomic mass is 10.7. The normalized spacial score (nSPS) is 15.2. The summed E-state index contributed by atoms with van der Waals surface area (Å²) in [5, 5.41) is 4.00. The van der Waals surface area contributed by atoms with Crippen molar-refractivity contribution in [3.05, 3.63) is 18.5 Å². The van der Waals surface area contributed by atoms with Crippen molar-refractivity contribution in [1.82, 2.24) is 15.3 Å². The molecule has 4 nitrogen and oxygen atoms in total. The minimum absolute atomic E-state index is 0.805. The smallest absolute Gasteiger partial charge is 0.187 e. The molecule has 0 amide bonds. The molecule has 68 valence electrons. The number of aliphatic imine (C=N–C) groups is 1. The molecule has 5 heteroatoms. The molecule has 1 N–H and O–H groups in total. The maximum atomic E-state index is 4.28. The third-order valence-electron chi connectivity index (χ3n) is 1.62. The van der Waals surface area contributed by atoms with Crippen molar-refractivity contribution in [3.63, 3.8) is 0 Å². The van der Waals surface area contributed by atoms with E-state index in [1.165, 1.54) is 0 Å². The van der Waals surface area contributed by atoms with Crippen LogP contribution in [0.3, 0.4) is 0 Å². The highest BCUT2D eigenvalue weighted by Gasteiger charge is 2.05. The second kappa shape index (κ2) is 4.23. The average Bonchev–Trinajstić information content (AvgIpc) is 2.69. The average molecular weight is 194 g/mol. The molecule has 0 aromatic carbocycles. The van der Waals surface area contributed by atoms with Crippen LogP contribution in [0.5, 0.6) is 0 Å². The quantitative estimate of drug-likeness (QED) is 0.564. The number of nitrogens with zero attached hydrogens (tertiary/aromatic N) is 3. The van der Waals surface area contributed by atoms with Crippen molar-refractivity contribution in [2.75, 3.05) is 18.8 Å². The number of hydrogen-bond donors (Lipinski definition) is 1. The number of rotatable bonds is 3. The largest absolute Gasteiger partial charge is 0.371 e. The Kier molecular flexibility index (Phi) is 2.76. The standard InChI is InChI=1S/C8H10N4S/c1-2-11-8(12-3-1)13-6-7-9-4-5-10-7/h1-3H,4-6H2,(H,9,10). The van der Waals surface area contributed by atoms with E-state index in [0.717, 1.165) is 29.8 Å². The summed E-state index contributed by atoms with van der Waals surface area (Å²) in [6.07, 6.45) is 3.50. The highest BCUT2D eigenvalue weighted by molar-refractivity contribution is 7.99. The lowest BCUT2D eigenvalue weighted by molar-refractivity contribution is 0.956. The molecule has 0 atom stereocenters. The molecule has 0 saturated heterocycles. The molecule has 0 unspecified atom stereocenters. The fourth-order valence-corrected chi connectivity index (χ4v) is 1.77. The minimum Gasteiger partial charge on any atom is -0.371 e. The SMILES string of the molecule is c1cnc(SCC2=NCCN2)nc1. The highest BCUT2D eigenvalue weighted by atomic mass is 32.2. The Hall–Kier alpha value is -1.10. The summed E-state index contributed by atoms with van der Waals surface area (Å²) < 4.78 is 0. The van der Waals surface area contributed by atoms with E-state index in [4.69, 9.17) is 0 Å². The molecule has 0 saturated carbocycles. The Morgan fingerprint density at radius 2 is 2.23 bits per heavy atom. The highest BCUT2D eigenvalue weighted by Crippen LogP contribution is 2.10. The van der Waals surface area contributed by atoms with Gasteiger partial charge in [-0.15, -0.1) is 0 Å². The van der Waals surface area contributed by atoms with E-state index < -0.39 is 0 Å². The van der Waals surface area contributed by atoms with Crippen molar-refractivity contribution < 1.29 is 0 Å². The van der Waals surface area contributed by atoms with Crippen molar-refractivity contribution in [2.45, 2.75) is 5.16 Å². The van der Waals surface area contributed by atoms with E-state index in [1.807, 2.05) is 6.07 Å². The van der Waals surface area contributed by atoms with E-state index in [2.05, 4.69) is 20.3 Å². The van der Waals surface area contributed by atoms with Gasteiger partial charge in [-0.2, -0.15) is 0 Å². The number of nitrogens with one attached hydrogen (secondary N) is 1. The van der Waals surface area contributed by atoms with Crippen LogP contribution < -0.4 is 5.32 Å². The summed E-state index contributed by atoms with van der Waals surface area (Å²) in [4.78, 5) is 12.5. The minimum atomic E-state index is 0.805. The van der Waals surface area contributed by atoms with Crippen LogP contribution >= 0.6 is 11.8 Å². The summed E-state index contributed by atoms with van der Waals surface area (Å²) in [6, 6.07) is 1.81. The number of aromatic nitrogens is 2. The Balaban J connectivity index is 1.86. The molecule has 2 rings (SSSR count). The van der Waals surface area contributed by atoms with Crippen LogP contribution in [-0.2, 0) is 0 Å². The molecule has 1 aromatic heterocycles. The molecular formula is C8H10N4S. The molecule has 1 aromatic rings. The molecule has 13 heavy (non-hydrogen) atoms. The fourth-order valence-electron chi connectivity index (χ4n) is 1.04. The van der Waals surface area contributed by atoms with Gasteiger partial charge in [0.05, 0.1) is 12.3 Å². The van der Waals surface area contributed by atoms with Crippen molar-refractivity contribution >= 4 is 17.6 Å². The van der Waals surface area contributed by atoms with Crippen LogP contribution in [0.4, 0.5) is 0 Å². The Morgan fingerprint density at radius 3 is 2.92 bits per heavy atom. The summed E-state index contributed by atoms with van der Waals surface area (Å²) in [5.41, 5.74) is 0. The maximum Gasteiger partial charge on any atom is 0.187 e. The predicted molar refractivity (Wildman–Crippen MR) is 53.1 cm³/mol. The zero-order valence-electron chi connectivity index (χ0n) is 7.10. The summed E-state index contributed by atoms with van der Waals surface area (Å²) in [7, 11) is 0.